The van der Waals surface area contributed by atoms with Crippen molar-refractivity contribution in [2.45, 2.75) is 19.4 Å². The monoisotopic (exact) mass is 343 g/mol. The first-order valence-electron chi connectivity index (χ1n) is 6.82. The first-order valence-corrected chi connectivity index (χ1v) is 6.82. The highest BCUT2D eigenvalue weighted by Crippen LogP contribution is 2.25. The summed E-state index contributed by atoms with van der Waals surface area (Å²) in [5.74, 6) is -1.19. The van der Waals surface area contributed by atoms with E-state index in [2.05, 4.69) is 10.1 Å². The van der Waals surface area contributed by atoms with E-state index in [4.69, 9.17) is 4.74 Å². The third kappa shape index (κ3) is 5.45. The average molecular weight is 343 g/mol. The number of alkyl halides is 3. The van der Waals surface area contributed by atoms with Crippen molar-refractivity contribution < 1.29 is 31.8 Å². The van der Waals surface area contributed by atoms with Crippen LogP contribution >= 0.6 is 0 Å². The van der Waals surface area contributed by atoms with E-state index in [1.54, 1.807) is 0 Å². The van der Waals surface area contributed by atoms with Gasteiger partial charge in [0.15, 0.2) is 6.10 Å². The molecule has 1 unspecified atom stereocenters. The zero-order valence-electron chi connectivity index (χ0n) is 12.4. The fraction of sp³-hybridized carbons (Fsp3) is 0.188. The molecule has 0 aliphatic carbocycles. The van der Waals surface area contributed by atoms with E-state index in [0.717, 1.165) is 12.1 Å². The third-order valence-electron chi connectivity index (χ3n) is 2.83. The van der Waals surface area contributed by atoms with Gasteiger partial charge in [0.25, 0.3) is 5.91 Å². The lowest BCUT2D eigenvalue weighted by Crippen LogP contribution is -2.30. The largest absolute Gasteiger partial charge is 0.573 e. The number of nitrogens with one attached hydrogen (secondary N) is 1. The van der Waals surface area contributed by atoms with E-state index in [9.17, 15) is 22.4 Å². The molecule has 1 atom stereocenters. The number of hydrogen-bond acceptors (Lipinski definition) is 3. The van der Waals surface area contributed by atoms with Crippen LogP contribution in [0.5, 0.6) is 11.5 Å². The molecule has 0 saturated carbocycles. The molecule has 0 heterocycles. The van der Waals surface area contributed by atoms with Gasteiger partial charge in [0.2, 0.25) is 0 Å². The molecule has 128 valence electrons. The van der Waals surface area contributed by atoms with Crippen LogP contribution in [0.4, 0.5) is 23.2 Å². The SMILES string of the molecule is CC(Oc1ccc(F)cc1)C(=O)Nc1cccc(OC(F)(F)F)c1. The van der Waals surface area contributed by atoms with Gasteiger partial charge in [-0.25, -0.2) is 4.39 Å². The standard InChI is InChI=1S/C16H13F4NO3/c1-10(23-13-7-5-11(17)6-8-13)15(22)21-12-3-2-4-14(9-12)24-16(18,19)20/h2-10H,1H3,(H,21,22). The van der Waals surface area contributed by atoms with Gasteiger partial charge in [0, 0.05) is 11.8 Å². The summed E-state index contributed by atoms with van der Waals surface area (Å²) in [5.41, 5.74) is 0.122. The number of anilines is 1. The Morgan fingerprint density at radius 1 is 1.08 bits per heavy atom. The Balaban J connectivity index is 1.98. The minimum Gasteiger partial charge on any atom is -0.481 e. The molecular weight excluding hydrogens is 330 g/mol. The van der Waals surface area contributed by atoms with Gasteiger partial charge in [0.05, 0.1) is 0 Å². The van der Waals surface area contributed by atoms with E-state index in [-0.39, 0.29) is 11.4 Å². The number of carbonyl (C=O) groups excluding carboxylic acids is 1. The van der Waals surface area contributed by atoms with E-state index in [1.807, 2.05) is 0 Å². The smallest absolute Gasteiger partial charge is 0.481 e. The minimum atomic E-state index is -4.82. The number of carbonyl (C=O) groups is 1. The van der Waals surface area contributed by atoms with E-state index in [1.165, 1.54) is 43.3 Å². The Kier molecular flexibility index (Phi) is 5.28. The van der Waals surface area contributed by atoms with Gasteiger partial charge in [0.1, 0.15) is 17.3 Å². The lowest BCUT2D eigenvalue weighted by atomic mass is 10.2. The summed E-state index contributed by atoms with van der Waals surface area (Å²) in [6.45, 7) is 1.45. The summed E-state index contributed by atoms with van der Waals surface area (Å²) in [5, 5.41) is 2.41. The molecule has 4 nitrogen and oxygen atoms in total. The molecule has 0 radical (unpaired) electrons. The second-order valence-corrected chi connectivity index (χ2v) is 4.78. The predicted octanol–water partition coefficient (Wildman–Crippen LogP) is 4.13. The zero-order chi connectivity index (χ0) is 17.7. The second kappa shape index (κ2) is 7.20. The fourth-order valence-corrected chi connectivity index (χ4v) is 1.79. The van der Waals surface area contributed by atoms with Crippen molar-refractivity contribution in [2.24, 2.45) is 0 Å². The maximum atomic E-state index is 12.8. The molecule has 2 aromatic carbocycles. The van der Waals surface area contributed by atoms with Crippen LogP contribution in [0.15, 0.2) is 48.5 Å². The minimum absolute atomic E-state index is 0.122. The van der Waals surface area contributed by atoms with Crippen molar-refractivity contribution in [3.63, 3.8) is 0 Å². The Labute approximate surface area is 135 Å². The van der Waals surface area contributed by atoms with Gasteiger partial charge in [-0.2, -0.15) is 0 Å². The summed E-state index contributed by atoms with van der Waals surface area (Å²) in [6.07, 6.45) is -5.76. The Morgan fingerprint density at radius 2 is 1.75 bits per heavy atom. The number of rotatable bonds is 5. The van der Waals surface area contributed by atoms with Crippen LogP contribution in [0.2, 0.25) is 0 Å². The molecule has 0 aliphatic heterocycles. The van der Waals surface area contributed by atoms with E-state index >= 15 is 0 Å². The van der Waals surface area contributed by atoms with Gasteiger partial charge in [-0.15, -0.1) is 13.2 Å². The Morgan fingerprint density at radius 3 is 2.38 bits per heavy atom. The molecule has 24 heavy (non-hydrogen) atoms. The molecule has 1 amide bonds. The summed E-state index contributed by atoms with van der Waals surface area (Å²) < 4.78 is 58.4. The van der Waals surface area contributed by atoms with Crippen LogP contribution in [0.25, 0.3) is 0 Å². The topological polar surface area (TPSA) is 47.6 Å². The van der Waals surface area contributed by atoms with Gasteiger partial charge in [-0.3, -0.25) is 4.79 Å². The highest BCUT2D eigenvalue weighted by molar-refractivity contribution is 5.94. The highest BCUT2D eigenvalue weighted by Gasteiger charge is 2.31. The zero-order valence-corrected chi connectivity index (χ0v) is 12.4. The summed E-state index contributed by atoms with van der Waals surface area (Å²) in [7, 11) is 0. The van der Waals surface area contributed by atoms with Gasteiger partial charge < -0.3 is 14.8 Å². The summed E-state index contributed by atoms with van der Waals surface area (Å²) >= 11 is 0. The van der Waals surface area contributed by atoms with Crippen molar-refractivity contribution in [1.29, 1.82) is 0 Å². The second-order valence-electron chi connectivity index (χ2n) is 4.78. The van der Waals surface area contributed by atoms with Crippen molar-refractivity contribution in [2.75, 3.05) is 5.32 Å². The van der Waals surface area contributed by atoms with Crippen molar-refractivity contribution >= 4 is 11.6 Å². The van der Waals surface area contributed by atoms with Crippen LogP contribution in [-0.4, -0.2) is 18.4 Å². The summed E-state index contributed by atoms with van der Waals surface area (Å²) in [4.78, 5) is 12.0. The maximum Gasteiger partial charge on any atom is 0.573 e. The third-order valence-corrected chi connectivity index (χ3v) is 2.83. The molecule has 0 spiro atoms. The van der Waals surface area contributed by atoms with Crippen LogP contribution in [0.1, 0.15) is 6.92 Å². The first kappa shape index (κ1) is 17.6. The molecule has 0 aromatic heterocycles. The highest BCUT2D eigenvalue weighted by atomic mass is 19.4. The maximum absolute atomic E-state index is 12.8. The Hall–Kier alpha value is -2.77. The van der Waals surface area contributed by atoms with Crippen LogP contribution in [0.3, 0.4) is 0 Å². The molecule has 0 bridgehead atoms. The van der Waals surface area contributed by atoms with Crippen molar-refractivity contribution in [3.05, 3.63) is 54.3 Å². The molecule has 0 fully saturated rings. The molecule has 8 heteroatoms. The molecule has 2 aromatic rings. The molecule has 1 N–H and O–H groups in total. The van der Waals surface area contributed by atoms with Crippen LogP contribution in [-0.2, 0) is 4.79 Å². The lowest BCUT2D eigenvalue weighted by molar-refractivity contribution is -0.274. The number of benzene rings is 2. The summed E-state index contributed by atoms with van der Waals surface area (Å²) in [6, 6.07) is 9.94. The average Bonchev–Trinajstić information content (AvgIpc) is 2.48. The van der Waals surface area contributed by atoms with Gasteiger partial charge in [-0.1, -0.05) is 6.07 Å². The number of hydrogen-bond donors (Lipinski definition) is 1. The normalized spacial score (nSPS) is 12.4. The molecular formula is C16H13F4NO3. The number of halogens is 4. The van der Waals surface area contributed by atoms with Gasteiger partial charge >= 0.3 is 6.36 Å². The molecule has 0 aliphatic rings. The van der Waals surface area contributed by atoms with Crippen LogP contribution in [0, 0.1) is 5.82 Å². The fourth-order valence-electron chi connectivity index (χ4n) is 1.79. The predicted molar refractivity (Wildman–Crippen MR) is 78.2 cm³/mol. The number of amides is 1. The van der Waals surface area contributed by atoms with Crippen molar-refractivity contribution in [1.82, 2.24) is 0 Å². The number of ether oxygens (including phenoxy) is 2. The van der Waals surface area contributed by atoms with E-state index < -0.39 is 29.9 Å². The first-order chi connectivity index (χ1) is 11.2. The Bertz CT molecular complexity index is 701. The van der Waals surface area contributed by atoms with Crippen LogP contribution < -0.4 is 14.8 Å². The molecule has 0 saturated heterocycles. The van der Waals surface area contributed by atoms with Crippen molar-refractivity contribution in [3.8, 4) is 11.5 Å². The lowest BCUT2D eigenvalue weighted by Gasteiger charge is -2.15. The quantitative estimate of drug-likeness (QED) is 0.831. The molecule has 2 rings (SSSR count). The van der Waals surface area contributed by atoms with Gasteiger partial charge in [-0.05, 0) is 43.3 Å². The van der Waals surface area contributed by atoms with E-state index in [0.29, 0.717) is 0 Å².